The van der Waals surface area contributed by atoms with Gasteiger partial charge in [-0.15, -0.1) is 0 Å². The average molecular weight is 283 g/mol. The van der Waals surface area contributed by atoms with E-state index in [2.05, 4.69) is 0 Å². The lowest BCUT2D eigenvalue weighted by molar-refractivity contribution is 0.131. The highest BCUT2D eigenvalue weighted by molar-refractivity contribution is 7.89. The van der Waals surface area contributed by atoms with Crippen LogP contribution in [0, 0.1) is 19.8 Å². The van der Waals surface area contributed by atoms with Crippen LogP contribution in [0.4, 0.5) is 0 Å². The van der Waals surface area contributed by atoms with Crippen LogP contribution in [0.25, 0.3) is 0 Å². The lowest BCUT2D eigenvalue weighted by atomic mass is 10.2. The Bertz CT molecular complexity index is 564. The fraction of sp³-hybridized carbons (Fsp3) is 0.571. The summed E-state index contributed by atoms with van der Waals surface area (Å²) < 4.78 is 26.2. The molecule has 0 saturated heterocycles. The number of hydrogen-bond acceptors (Lipinski definition) is 3. The van der Waals surface area contributed by atoms with E-state index in [0.29, 0.717) is 4.90 Å². The molecule has 0 spiro atoms. The van der Waals surface area contributed by atoms with Crippen LogP contribution >= 0.6 is 0 Å². The normalized spacial score (nSPS) is 17.7. The Labute approximate surface area is 115 Å². The van der Waals surface area contributed by atoms with Crippen molar-refractivity contribution >= 4 is 10.0 Å². The first kappa shape index (κ1) is 14.5. The van der Waals surface area contributed by atoms with Gasteiger partial charge in [0.1, 0.15) is 0 Å². The van der Waals surface area contributed by atoms with E-state index in [-0.39, 0.29) is 12.5 Å². The van der Waals surface area contributed by atoms with Crippen LogP contribution in [0.2, 0.25) is 0 Å². The lowest BCUT2D eigenvalue weighted by Gasteiger charge is -2.21. The van der Waals surface area contributed by atoms with E-state index in [0.717, 1.165) is 24.0 Å². The van der Waals surface area contributed by atoms with Crippen molar-refractivity contribution in [2.75, 3.05) is 13.6 Å². The molecule has 1 fully saturated rings. The molecule has 1 aromatic rings. The van der Waals surface area contributed by atoms with Crippen LogP contribution in [-0.2, 0) is 10.0 Å². The lowest BCUT2D eigenvalue weighted by Crippen LogP contribution is -2.35. The fourth-order valence-electron chi connectivity index (χ4n) is 2.25. The third kappa shape index (κ3) is 3.16. The Kier molecular flexibility index (Phi) is 3.99. The molecule has 4 nitrogen and oxygen atoms in total. The zero-order chi connectivity index (χ0) is 14.2. The minimum Gasteiger partial charge on any atom is -0.391 e. The molecule has 1 aromatic carbocycles. The van der Waals surface area contributed by atoms with Gasteiger partial charge in [0, 0.05) is 13.6 Å². The second-order valence-electron chi connectivity index (χ2n) is 5.46. The van der Waals surface area contributed by atoms with Gasteiger partial charge in [-0.2, -0.15) is 4.31 Å². The summed E-state index contributed by atoms with van der Waals surface area (Å²) in [6.45, 7) is 3.90. The maximum absolute atomic E-state index is 12.5. The molecule has 1 aliphatic carbocycles. The highest BCUT2D eigenvalue weighted by atomic mass is 32.2. The summed E-state index contributed by atoms with van der Waals surface area (Å²) in [5.74, 6) is 0.275. The third-order valence-electron chi connectivity index (χ3n) is 3.63. The van der Waals surface area contributed by atoms with Gasteiger partial charge in [-0.25, -0.2) is 8.42 Å². The van der Waals surface area contributed by atoms with Gasteiger partial charge in [-0.05, 0) is 44.2 Å². The van der Waals surface area contributed by atoms with E-state index in [1.165, 1.54) is 11.4 Å². The van der Waals surface area contributed by atoms with Crippen molar-refractivity contribution in [1.29, 1.82) is 0 Å². The number of hydrogen-bond donors (Lipinski definition) is 1. The smallest absolute Gasteiger partial charge is 0.243 e. The zero-order valence-electron chi connectivity index (χ0n) is 11.6. The number of likely N-dealkylation sites (N-methyl/N-ethyl adjacent to an activating group) is 1. The number of nitrogens with zero attached hydrogens (tertiary/aromatic N) is 1. The van der Waals surface area contributed by atoms with Crippen molar-refractivity contribution in [3.8, 4) is 0 Å². The van der Waals surface area contributed by atoms with Gasteiger partial charge < -0.3 is 5.11 Å². The minimum absolute atomic E-state index is 0.167. The van der Waals surface area contributed by atoms with E-state index < -0.39 is 16.1 Å². The first-order valence-corrected chi connectivity index (χ1v) is 7.98. The first-order valence-electron chi connectivity index (χ1n) is 6.54. The summed E-state index contributed by atoms with van der Waals surface area (Å²) in [6, 6.07) is 5.29. The Morgan fingerprint density at radius 2 is 2.00 bits per heavy atom. The number of aryl methyl sites for hydroxylation is 2. The molecule has 19 heavy (non-hydrogen) atoms. The molecular weight excluding hydrogens is 262 g/mol. The van der Waals surface area contributed by atoms with Gasteiger partial charge in [-0.1, -0.05) is 17.7 Å². The van der Waals surface area contributed by atoms with Crippen molar-refractivity contribution < 1.29 is 13.5 Å². The molecule has 0 amide bonds. The van der Waals surface area contributed by atoms with Crippen LogP contribution in [-0.4, -0.2) is 37.5 Å². The summed E-state index contributed by atoms with van der Waals surface area (Å²) in [5, 5.41) is 9.88. The molecule has 1 N–H and O–H groups in total. The van der Waals surface area contributed by atoms with E-state index in [9.17, 15) is 13.5 Å². The third-order valence-corrected chi connectivity index (χ3v) is 5.61. The van der Waals surface area contributed by atoms with Gasteiger partial charge in [0.15, 0.2) is 0 Å². The molecule has 0 heterocycles. The van der Waals surface area contributed by atoms with Gasteiger partial charge in [0.05, 0.1) is 11.0 Å². The highest BCUT2D eigenvalue weighted by Gasteiger charge is 2.33. The summed E-state index contributed by atoms with van der Waals surface area (Å²) in [5.41, 5.74) is 1.78. The van der Waals surface area contributed by atoms with Crippen molar-refractivity contribution in [3.63, 3.8) is 0 Å². The Morgan fingerprint density at radius 3 is 2.53 bits per heavy atom. The maximum Gasteiger partial charge on any atom is 0.243 e. The maximum atomic E-state index is 12.5. The molecule has 0 radical (unpaired) electrons. The number of aliphatic hydroxyl groups excluding tert-OH is 1. The van der Waals surface area contributed by atoms with E-state index in [1.807, 2.05) is 13.0 Å². The second-order valence-corrected chi connectivity index (χ2v) is 7.47. The molecule has 2 rings (SSSR count). The molecule has 5 heteroatoms. The quantitative estimate of drug-likeness (QED) is 0.894. The zero-order valence-corrected chi connectivity index (χ0v) is 12.4. The highest BCUT2D eigenvalue weighted by Crippen LogP contribution is 2.33. The fourth-order valence-corrected chi connectivity index (χ4v) is 3.64. The average Bonchev–Trinajstić information content (AvgIpc) is 3.11. The van der Waals surface area contributed by atoms with Gasteiger partial charge in [0.25, 0.3) is 0 Å². The first-order chi connectivity index (χ1) is 8.82. The summed E-state index contributed by atoms with van der Waals surface area (Å²) in [4.78, 5) is 0.323. The van der Waals surface area contributed by atoms with Crippen molar-refractivity contribution in [1.82, 2.24) is 4.31 Å². The largest absolute Gasteiger partial charge is 0.391 e. The number of aliphatic hydroxyl groups is 1. The molecular formula is C14H21NO3S. The molecule has 0 aromatic heterocycles. The minimum atomic E-state index is -3.51. The Morgan fingerprint density at radius 1 is 1.37 bits per heavy atom. The molecule has 1 saturated carbocycles. The second kappa shape index (κ2) is 5.23. The van der Waals surface area contributed by atoms with E-state index in [4.69, 9.17) is 0 Å². The van der Waals surface area contributed by atoms with Crippen LogP contribution in [0.3, 0.4) is 0 Å². The van der Waals surface area contributed by atoms with Crippen molar-refractivity contribution in [3.05, 3.63) is 29.3 Å². The molecule has 1 atom stereocenters. The molecule has 0 aliphatic heterocycles. The molecule has 1 aliphatic rings. The predicted octanol–water partition coefficient (Wildman–Crippen LogP) is 1.69. The monoisotopic (exact) mass is 283 g/mol. The van der Waals surface area contributed by atoms with Crippen LogP contribution in [0.1, 0.15) is 24.0 Å². The molecule has 1 unspecified atom stereocenters. The SMILES string of the molecule is Cc1ccc(S(=O)(=O)N(C)CC(O)C2CC2)c(C)c1. The van der Waals surface area contributed by atoms with Crippen LogP contribution < -0.4 is 0 Å². The summed E-state index contributed by atoms with van der Waals surface area (Å²) in [7, 11) is -1.99. The number of benzene rings is 1. The molecule has 106 valence electrons. The van der Waals surface area contributed by atoms with Crippen LogP contribution in [0.5, 0.6) is 0 Å². The van der Waals surface area contributed by atoms with Gasteiger partial charge >= 0.3 is 0 Å². The summed E-state index contributed by atoms with van der Waals surface area (Å²) >= 11 is 0. The Balaban J connectivity index is 2.20. The Hall–Kier alpha value is -0.910. The van der Waals surface area contributed by atoms with E-state index in [1.54, 1.807) is 19.1 Å². The van der Waals surface area contributed by atoms with Gasteiger partial charge in [-0.3, -0.25) is 0 Å². The van der Waals surface area contributed by atoms with Crippen LogP contribution in [0.15, 0.2) is 23.1 Å². The number of sulfonamides is 1. The predicted molar refractivity (Wildman–Crippen MR) is 74.5 cm³/mol. The topological polar surface area (TPSA) is 57.6 Å². The summed E-state index contributed by atoms with van der Waals surface area (Å²) in [6.07, 6.45) is 1.45. The van der Waals surface area contributed by atoms with Gasteiger partial charge in [0.2, 0.25) is 10.0 Å². The standard InChI is InChI=1S/C14H21NO3S/c1-10-4-7-14(11(2)8-10)19(17,18)15(3)9-13(16)12-5-6-12/h4,7-8,12-13,16H,5-6,9H2,1-3H3. The van der Waals surface area contributed by atoms with E-state index >= 15 is 0 Å². The number of rotatable bonds is 5. The molecule has 0 bridgehead atoms. The van der Waals surface area contributed by atoms with Crippen molar-refractivity contribution in [2.45, 2.75) is 37.7 Å². The van der Waals surface area contributed by atoms with Crippen molar-refractivity contribution in [2.24, 2.45) is 5.92 Å².